The van der Waals surface area contributed by atoms with E-state index in [1.165, 1.54) is 19.3 Å². The van der Waals surface area contributed by atoms with Crippen LogP contribution in [0.25, 0.3) is 0 Å². The number of hydrogen-bond acceptors (Lipinski definition) is 2. The van der Waals surface area contributed by atoms with Crippen LogP contribution in [0.3, 0.4) is 0 Å². The lowest BCUT2D eigenvalue weighted by molar-refractivity contribution is -0.126. The molecule has 0 atom stereocenters. The molecule has 2 aliphatic carbocycles. The van der Waals surface area contributed by atoms with Crippen molar-refractivity contribution in [2.45, 2.75) is 44.9 Å². The molecule has 0 aromatic carbocycles. The lowest BCUT2D eigenvalue weighted by Gasteiger charge is -2.22. The minimum absolute atomic E-state index is 0.0460. The van der Waals surface area contributed by atoms with Crippen LogP contribution < -0.4 is 5.32 Å². The van der Waals surface area contributed by atoms with E-state index in [9.17, 15) is 4.79 Å². The van der Waals surface area contributed by atoms with Crippen LogP contribution >= 0.6 is 0 Å². The molecule has 2 saturated carbocycles. The van der Waals surface area contributed by atoms with Gasteiger partial charge >= 0.3 is 0 Å². The van der Waals surface area contributed by atoms with E-state index in [4.69, 9.17) is 5.11 Å². The first-order chi connectivity index (χ1) is 7.26. The molecule has 0 aromatic rings. The van der Waals surface area contributed by atoms with Crippen LogP contribution in [0.15, 0.2) is 0 Å². The molecule has 2 aliphatic rings. The van der Waals surface area contributed by atoms with Gasteiger partial charge in [-0.15, -0.1) is 0 Å². The summed E-state index contributed by atoms with van der Waals surface area (Å²) in [6.07, 6.45) is 7.91. The fourth-order valence-electron chi connectivity index (χ4n) is 2.35. The summed E-state index contributed by atoms with van der Waals surface area (Å²) in [7, 11) is 0. The van der Waals surface area contributed by atoms with Crippen molar-refractivity contribution < 1.29 is 9.90 Å². The van der Waals surface area contributed by atoms with Gasteiger partial charge in [-0.3, -0.25) is 4.79 Å². The van der Waals surface area contributed by atoms with Gasteiger partial charge < -0.3 is 10.4 Å². The molecular formula is C12H21NO2. The Kier molecular flexibility index (Phi) is 3.29. The van der Waals surface area contributed by atoms with Crippen LogP contribution in [0.4, 0.5) is 0 Å². The first-order valence-electron chi connectivity index (χ1n) is 6.14. The molecule has 0 unspecified atom stereocenters. The summed E-state index contributed by atoms with van der Waals surface area (Å²) < 4.78 is 0. The molecule has 1 amide bonds. The zero-order valence-corrected chi connectivity index (χ0v) is 9.30. The SMILES string of the molecule is O=C(NCC1(CO)CC1)C1CCCCC1. The Labute approximate surface area is 91.2 Å². The largest absolute Gasteiger partial charge is 0.396 e. The average Bonchev–Trinajstić information content (AvgIpc) is 3.08. The zero-order chi connectivity index (χ0) is 10.7. The number of rotatable bonds is 4. The highest BCUT2D eigenvalue weighted by atomic mass is 16.3. The molecule has 0 aromatic heterocycles. The van der Waals surface area contributed by atoms with E-state index < -0.39 is 0 Å². The number of aliphatic hydroxyl groups is 1. The number of hydrogen-bond donors (Lipinski definition) is 2. The van der Waals surface area contributed by atoms with Crippen LogP contribution in [-0.4, -0.2) is 24.2 Å². The fourth-order valence-corrected chi connectivity index (χ4v) is 2.35. The summed E-state index contributed by atoms with van der Waals surface area (Å²) in [6.45, 7) is 0.900. The van der Waals surface area contributed by atoms with E-state index in [0.29, 0.717) is 6.54 Å². The van der Waals surface area contributed by atoms with Gasteiger partial charge in [0.1, 0.15) is 0 Å². The molecule has 86 valence electrons. The molecule has 0 saturated heterocycles. The van der Waals surface area contributed by atoms with Crippen LogP contribution in [0.1, 0.15) is 44.9 Å². The molecule has 2 rings (SSSR count). The van der Waals surface area contributed by atoms with Crippen molar-refractivity contribution in [3.63, 3.8) is 0 Å². The van der Waals surface area contributed by atoms with Gasteiger partial charge in [0.2, 0.25) is 5.91 Å². The smallest absolute Gasteiger partial charge is 0.223 e. The molecule has 3 heteroatoms. The van der Waals surface area contributed by atoms with Gasteiger partial charge in [-0.2, -0.15) is 0 Å². The maximum atomic E-state index is 11.8. The summed E-state index contributed by atoms with van der Waals surface area (Å²) in [4.78, 5) is 11.8. The quantitative estimate of drug-likeness (QED) is 0.739. The minimum atomic E-state index is 0.0460. The van der Waals surface area contributed by atoms with Crippen molar-refractivity contribution >= 4 is 5.91 Å². The standard InChI is InChI=1S/C12H21NO2/c14-9-12(6-7-12)8-13-11(15)10-4-2-1-3-5-10/h10,14H,1-9H2,(H,13,15). The van der Waals surface area contributed by atoms with Crippen LogP contribution in [0.2, 0.25) is 0 Å². The first-order valence-corrected chi connectivity index (χ1v) is 6.14. The number of amides is 1. The van der Waals surface area contributed by atoms with Gasteiger partial charge in [0.25, 0.3) is 0 Å². The Hall–Kier alpha value is -0.570. The average molecular weight is 211 g/mol. The first kappa shape index (κ1) is 10.9. The van der Waals surface area contributed by atoms with Crippen molar-refractivity contribution in [2.75, 3.05) is 13.2 Å². The van der Waals surface area contributed by atoms with Gasteiger partial charge in [0, 0.05) is 17.9 Å². The lowest BCUT2D eigenvalue weighted by atomic mass is 9.88. The molecule has 2 fully saturated rings. The van der Waals surface area contributed by atoms with E-state index in [1.54, 1.807) is 0 Å². The second kappa shape index (κ2) is 4.52. The Morgan fingerprint density at radius 3 is 2.47 bits per heavy atom. The third-order valence-corrected chi connectivity index (χ3v) is 3.91. The predicted molar refractivity (Wildman–Crippen MR) is 58.3 cm³/mol. The van der Waals surface area contributed by atoms with Gasteiger partial charge in [0.05, 0.1) is 6.61 Å². The summed E-state index contributed by atoms with van der Waals surface area (Å²) in [6, 6.07) is 0. The maximum absolute atomic E-state index is 11.8. The molecular weight excluding hydrogens is 190 g/mol. The minimum Gasteiger partial charge on any atom is -0.396 e. The van der Waals surface area contributed by atoms with Crippen LogP contribution in [0.5, 0.6) is 0 Å². The van der Waals surface area contributed by atoms with Gasteiger partial charge in [0.15, 0.2) is 0 Å². The summed E-state index contributed by atoms with van der Waals surface area (Å²) in [5.74, 6) is 0.461. The number of aliphatic hydroxyl groups excluding tert-OH is 1. The summed E-state index contributed by atoms with van der Waals surface area (Å²) >= 11 is 0. The monoisotopic (exact) mass is 211 g/mol. The van der Waals surface area contributed by atoms with Gasteiger partial charge in [-0.1, -0.05) is 19.3 Å². The van der Waals surface area contributed by atoms with Crippen molar-refractivity contribution in [3.8, 4) is 0 Å². The maximum Gasteiger partial charge on any atom is 0.223 e. The Bertz CT molecular complexity index is 230. The molecule has 0 spiro atoms. The third-order valence-electron chi connectivity index (χ3n) is 3.91. The third kappa shape index (κ3) is 2.71. The van der Waals surface area contributed by atoms with Gasteiger partial charge in [-0.25, -0.2) is 0 Å². The molecule has 0 heterocycles. The van der Waals surface area contributed by atoms with Crippen molar-refractivity contribution in [2.24, 2.45) is 11.3 Å². The molecule has 0 bridgehead atoms. The van der Waals surface area contributed by atoms with Crippen LogP contribution in [-0.2, 0) is 4.79 Å². The van der Waals surface area contributed by atoms with E-state index >= 15 is 0 Å². The predicted octanol–water partition coefficient (Wildman–Crippen LogP) is 1.46. The second-order valence-corrected chi connectivity index (χ2v) is 5.21. The normalized spacial score (nSPS) is 24.9. The Morgan fingerprint density at radius 2 is 1.93 bits per heavy atom. The number of nitrogens with one attached hydrogen (secondary N) is 1. The van der Waals surface area contributed by atoms with Crippen molar-refractivity contribution in [1.29, 1.82) is 0 Å². The van der Waals surface area contributed by atoms with Crippen LogP contribution in [0, 0.1) is 11.3 Å². The highest BCUT2D eigenvalue weighted by Crippen LogP contribution is 2.44. The highest BCUT2D eigenvalue weighted by molar-refractivity contribution is 5.78. The summed E-state index contributed by atoms with van der Waals surface area (Å²) in [5.41, 5.74) is 0.0460. The molecule has 0 aliphatic heterocycles. The number of carbonyl (C=O) groups is 1. The molecule has 2 N–H and O–H groups in total. The fraction of sp³-hybridized carbons (Fsp3) is 0.917. The summed E-state index contributed by atoms with van der Waals surface area (Å²) in [5, 5.41) is 12.1. The highest BCUT2D eigenvalue weighted by Gasteiger charge is 2.42. The Morgan fingerprint density at radius 1 is 1.27 bits per heavy atom. The van der Waals surface area contributed by atoms with Crippen molar-refractivity contribution in [1.82, 2.24) is 5.32 Å². The topological polar surface area (TPSA) is 49.3 Å². The molecule has 15 heavy (non-hydrogen) atoms. The zero-order valence-electron chi connectivity index (χ0n) is 9.30. The number of carbonyl (C=O) groups excluding carboxylic acids is 1. The van der Waals surface area contributed by atoms with E-state index in [0.717, 1.165) is 25.7 Å². The molecule has 3 nitrogen and oxygen atoms in total. The van der Waals surface area contributed by atoms with E-state index in [-0.39, 0.29) is 23.8 Å². The second-order valence-electron chi connectivity index (χ2n) is 5.21. The van der Waals surface area contributed by atoms with Crippen molar-refractivity contribution in [3.05, 3.63) is 0 Å². The lowest BCUT2D eigenvalue weighted by Crippen LogP contribution is -2.36. The Balaban J connectivity index is 1.72. The van der Waals surface area contributed by atoms with Gasteiger partial charge in [-0.05, 0) is 25.7 Å². The molecule has 0 radical (unpaired) electrons. The van der Waals surface area contributed by atoms with E-state index in [2.05, 4.69) is 5.32 Å². The van der Waals surface area contributed by atoms with E-state index in [1.807, 2.05) is 0 Å².